The number of nitrogens with zero attached hydrogens (tertiary/aromatic N) is 1. The number of methoxy groups -OCH3 is 1. The molecule has 6 rings (SSSR count). The molecule has 1 aromatic carbocycles. The fourth-order valence-corrected chi connectivity index (χ4v) is 9.82. The van der Waals surface area contributed by atoms with Gasteiger partial charge in [-0.1, -0.05) is 33.8 Å². The van der Waals surface area contributed by atoms with E-state index in [9.17, 15) is 14.6 Å². The van der Waals surface area contributed by atoms with Gasteiger partial charge in [-0.2, -0.15) is 0 Å². The van der Waals surface area contributed by atoms with E-state index in [1.807, 2.05) is 0 Å². The number of fused-ring (bicyclic) bond motifs is 1. The Bertz CT molecular complexity index is 1290. The summed E-state index contributed by atoms with van der Waals surface area (Å²) in [5.74, 6) is -1.08. The summed E-state index contributed by atoms with van der Waals surface area (Å²) in [5, 5.41) is 10.0. The number of carbonyl (C=O) groups is 2. The zero-order valence-corrected chi connectivity index (χ0v) is 27.4. The van der Waals surface area contributed by atoms with E-state index >= 15 is 4.39 Å². The van der Waals surface area contributed by atoms with E-state index in [4.69, 9.17) is 23.6 Å². The van der Waals surface area contributed by atoms with Crippen molar-refractivity contribution in [3.8, 4) is 5.75 Å². The number of ketones is 1. The minimum absolute atomic E-state index is 0.0303. The standard InChI is InChI=1S/C34H49BFNO8/c1-21-8-10-34-11-9-25(41-5)30(34)33(21,4)26(18-32(3,31(39)22(34)2)12-13-37-14-16-42-17-15-37)45-27(38)20-43-24-7-6-23-19-44-35(40)28(23)29(24)36/h6-7,21-22,25-26,30,40H,8-20H2,1-5H3/t21-,22+,25-,26-,30-,32-,33+,34+/m1/s1. The fourth-order valence-electron chi connectivity index (χ4n) is 9.82. The van der Waals surface area contributed by atoms with Crippen LogP contribution in [0.5, 0.6) is 5.75 Å². The fraction of sp³-hybridized carbons (Fsp3) is 0.765. The van der Waals surface area contributed by atoms with Crippen LogP contribution in [0.25, 0.3) is 0 Å². The molecular weight excluding hydrogens is 580 g/mol. The van der Waals surface area contributed by atoms with Crippen LogP contribution in [0.15, 0.2) is 12.1 Å². The maximum absolute atomic E-state index is 15.2. The Kier molecular flexibility index (Phi) is 9.15. The Hall–Kier alpha value is -2.05. The van der Waals surface area contributed by atoms with Crippen LogP contribution in [0.3, 0.4) is 0 Å². The summed E-state index contributed by atoms with van der Waals surface area (Å²) in [4.78, 5) is 30.7. The number of morpholine rings is 1. The van der Waals surface area contributed by atoms with Gasteiger partial charge in [0.05, 0.1) is 25.9 Å². The van der Waals surface area contributed by atoms with Crippen LogP contribution in [0.4, 0.5) is 4.39 Å². The lowest BCUT2D eigenvalue weighted by Crippen LogP contribution is -2.63. The van der Waals surface area contributed by atoms with Gasteiger partial charge in [-0.25, -0.2) is 9.18 Å². The molecule has 8 atom stereocenters. The summed E-state index contributed by atoms with van der Waals surface area (Å²) >= 11 is 0. The smallest absolute Gasteiger partial charge is 0.479 e. The molecule has 45 heavy (non-hydrogen) atoms. The SMILES string of the molecule is CO[C@@H]1CC[C@@]23CC[C@@H](C)[C@@](C)([C@H](OC(=O)COc4ccc5c(c4F)B(O)OC5)C[C@@](C)(CCN4CCOCC4)C(=O)[C@@H]2C)[C@@H]13. The van der Waals surface area contributed by atoms with Gasteiger partial charge in [-0.15, -0.1) is 0 Å². The molecule has 1 saturated heterocycles. The average Bonchev–Trinajstić information content (AvgIpc) is 3.62. The Morgan fingerprint density at radius 2 is 1.91 bits per heavy atom. The number of hydrogen-bond donors (Lipinski definition) is 1. The van der Waals surface area contributed by atoms with E-state index in [2.05, 4.69) is 32.6 Å². The highest BCUT2D eigenvalue weighted by Gasteiger charge is 2.68. The lowest BCUT2D eigenvalue weighted by molar-refractivity contribution is -0.208. The Morgan fingerprint density at radius 1 is 1.18 bits per heavy atom. The van der Waals surface area contributed by atoms with Crippen LogP contribution >= 0.6 is 0 Å². The van der Waals surface area contributed by atoms with Gasteiger partial charge in [0.1, 0.15) is 11.9 Å². The molecule has 0 aromatic heterocycles. The molecule has 3 saturated carbocycles. The maximum atomic E-state index is 15.2. The zero-order valence-electron chi connectivity index (χ0n) is 27.4. The molecule has 0 amide bonds. The van der Waals surface area contributed by atoms with Crippen LogP contribution in [0.2, 0.25) is 0 Å². The Morgan fingerprint density at radius 3 is 2.64 bits per heavy atom. The quantitative estimate of drug-likeness (QED) is 0.342. The first-order valence-electron chi connectivity index (χ1n) is 16.7. The van der Waals surface area contributed by atoms with Gasteiger partial charge < -0.3 is 28.6 Å². The highest BCUT2D eigenvalue weighted by atomic mass is 19.1. The molecule has 2 aliphatic heterocycles. The number of carbonyl (C=O) groups excluding carboxylic acids is 2. The second-order valence-corrected chi connectivity index (χ2v) is 14.8. The third-order valence-corrected chi connectivity index (χ3v) is 12.7. The summed E-state index contributed by atoms with van der Waals surface area (Å²) in [6, 6.07) is 3.08. The Balaban J connectivity index is 1.30. The predicted octanol–water partition coefficient (Wildman–Crippen LogP) is 3.52. The third-order valence-electron chi connectivity index (χ3n) is 12.7. The molecule has 248 valence electrons. The van der Waals surface area contributed by atoms with Gasteiger partial charge in [0.2, 0.25) is 0 Å². The molecule has 1 N–H and O–H groups in total. The van der Waals surface area contributed by atoms with Crippen molar-refractivity contribution in [1.29, 1.82) is 0 Å². The zero-order chi connectivity index (χ0) is 32.1. The van der Waals surface area contributed by atoms with Crippen LogP contribution in [0.1, 0.15) is 71.8 Å². The largest absolute Gasteiger partial charge is 0.494 e. The number of halogens is 1. The van der Waals surface area contributed by atoms with Gasteiger partial charge in [-0.3, -0.25) is 9.69 Å². The first kappa shape index (κ1) is 32.9. The topological polar surface area (TPSA) is 104 Å². The average molecular weight is 630 g/mol. The number of Topliss-reactive ketones (excluding diaryl/α,β-unsaturated/α-hetero) is 1. The highest BCUT2D eigenvalue weighted by Crippen LogP contribution is 2.69. The number of rotatable bonds is 8. The van der Waals surface area contributed by atoms with Crippen molar-refractivity contribution in [2.45, 2.75) is 85.0 Å². The highest BCUT2D eigenvalue weighted by molar-refractivity contribution is 6.61. The number of benzene rings is 1. The van der Waals surface area contributed by atoms with Crippen LogP contribution in [0, 0.1) is 39.8 Å². The van der Waals surface area contributed by atoms with E-state index < -0.39 is 42.4 Å². The van der Waals surface area contributed by atoms with E-state index in [0.717, 1.165) is 45.3 Å². The molecule has 11 heteroatoms. The first-order valence-corrected chi connectivity index (χ1v) is 16.7. The lowest BCUT2D eigenvalue weighted by atomic mass is 9.43. The maximum Gasteiger partial charge on any atom is 0.494 e. The number of esters is 1. The number of ether oxygens (including phenoxy) is 4. The van der Waals surface area contributed by atoms with Crippen LogP contribution < -0.4 is 10.2 Å². The van der Waals surface area contributed by atoms with Crippen molar-refractivity contribution < 1.29 is 42.6 Å². The summed E-state index contributed by atoms with van der Waals surface area (Å²) in [5.41, 5.74) is -0.784. The molecule has 9 nitrogen and oxygen atoms in total. The second kappa shape index (κ2) is 12.5. The molecule has 5 aliphatic rings. The first-order chi connectivity index (χ1) is 21.4. The van der Waals surface area contributed by atoms with E-state index in [0.29, 0.717) is 31.6 Å². The lowest BCUT2D eigenvalue weighted by Gasteiger charge is -2.62. The van der Waals surface area contributed by atoms with E-state index in [-0.39, 0.29) is 52.9 Å². The molecule has 1 aromatic rings. The van der Waals surface area contributed by atoms with Gasteiger partial charge in [0.25, 0.3) is 0 Å². The molecule has 0 unspecified atom stereocenters. The molecular formula is C34H49BFNO8. The summed E-state index contributed by atoms with van der Waals surface area (Å²) in [6.07, 6.45) is 4.19. The summed E-state index contributed by atoms with van der Waals surface area (Å²) in [6.45, 7) is 12.2. The van der Waals surface area contributed by atoms with Gasteiger partial charge in [0, 0.05) is 48.3 Å². The van der Waals surface area contributed by atoms with Gasteiger partial charge in [-0.05, 0) is 68.0 Å². The van der Waals surface area contributed by atoms with Gasteiger partial charge >= 0.3 is 13.1 Å². The number of hydrogen-bond acceptors (Lipinski definition) is 9. The normalized spacial score (nSPS) is 38.3. The van der Waals surface area contributed by atoms with Crippen LogP contribution in [-0.2, 0) is 35.1 Å². The summed E-state index contributed by atoms with van der Waals surface area (Å²) < 4.78 is 44.1. The molecule has 4 fully saturated rings. The van der Waals surface area contributed by atoms with Crippen molar-refractivity contribution >= 4 is 24.3 Å². The van der Waals surface area contributed by atoms with Crippen molar-refractivity contribution in [1.82, 2.24) is 4.90 Å². The molecule has 0 spiro atoms. The monoisotopic (exact) mass is 629 g/mol. The molecule has 3 aliphatic carbocycles. The predicted molar refractivity (Wildman–Crippen MR) is 165 cm³/mol. The van der Waals surface area contributed by atoms with Crippen molar-refractivity contribution in [2.75, 3.05) is 46.6 Å². The minimum Gasteiger partial charge on any atom is -0.479 e. The minimum atomic E-state index is -1.37. The Labute approximate surface area is 266 Å². The van der Waals surface area contributed by atoms with Crippen molar-refractivity contribution in [2.24, 2.45) is 34.0 Å². The second-order valence-electron chi connectivity index (χ2n) is 14.8. The summed E-state index contributed by atoms with van der Waals surface area (Å²) in [7, 11) is 0.390. The molecule has 2 heterocycles. The van der Waals surface area contributed by atoms with E-state index in [1.54, 1.807) is 13.2 Å². The van der Waals surface area contributed by atoms with Crippen molar-refractivity contribution in [3.63, 3.8) is 0 Å². The molecule has 2 bridgehead atoms. The van der Waals surface area contributed by atoms with Crippen molar-refractivity contribution in [3.05, 3.63) is 23.5 Å². The third kappa shape index (κ3) is 5.54. The van der Waals surface area contributed by atoms with E-state index in [1.165, 1.54) is 6.07 Å². The molecule has 0 radical (unpaired) electrons. The van der Waals surface area contributed by atoms with Crippen LogP contribution in [-0.4, -0.2) is 87.6 Å². The van der Waals surface area contributed by atoms with Gasteiger partial charge in [0.15, 0.2) is 18.2 Å².